The lowest BCUT2D eigenvalue weighted by Gasteiger charge is -2.37. The third-order valence-electron chi connectivity index (χ3n) is 4.64. The second-order valence-corrected chi connectivity index (χ2v) is 6.19. The molecule has 0 atom stereocenters. The zero-order valence-electron chi connectivity index (χ0n) is 13.2. The van der Waals surface area contributed by atoms with Crippen LogP contribution in [0.5, 0.6) is 0 Å². The molecule has 25 heavy (non-hydrogen) atoms. The first kappa shape index (κ1) is 14.0. The van der Waals surface area contributed by atoms with Crippen LogP contribution >= 0.6 is 0 Å². The number of hydrogen-bond acceptors (Lipinski definition) is 5. The number of fused-ring (bicyclic) bond motifs is 2. The quantitative estimate of drug-likeness (QED) is 0.459. The molecule has 5 rings (SSSR count). The summed E-state index contributed by atoms with van der Waals surface area (Å²) in [6, 6.07) is 13.3. The van der Waals surface area contributed by atoms with Crippen LogP contribution in [0.25, 0.3) is 16.7 Å². The molecule has 8 nitrogen and oxygen atoms in total. The maximum atomic E-state index is 11.5. The molecule has 0 unspecified atom stereocenters. The first-order chi connectivity index (χ1) is 12.2. The van der Waals surface area contributed by atoms with Gasteiger partial charge < -0.3 is 20.0 Å². The summed E-state index contributed by atoms with van der Waals surface area (Å²) in [7, 11) is 0. The van der Waals surface area contributed by atoms with Gasteiger partial charge in [0.2, 0.25) is 11.5 Å². The predicted molar refractivity (Wildman–Crippen MR) is 92.9 cm³/mol. The van der Waals surface area contributed by atoms with Gasteiger partial charge in [0.15, 0.2) is 0 Å². The second-order valence-electron chi connectivity index (χ2n) is 6.19. The molecule has 0 saturated carbocycles. The Balaban J connectivity index is 1.46. The van der Waals surface area contributed by atoms with E-state index in [1.807, 2.05) is 35.2 Å². The smallest absolute Gasteiger partial charge is 0.358 e. The van der Waals surface area contributed by atoms with Crippen LogP contribution in [0.4, 0.5) is 11.6 Å². The Kier molecular flexibility index (Phi) is 2.81. The summed E-state index contributed by atoms with van der Waals surface area (Å²) in [5.74, 6) is 1.57. The molecule has 1 saturated heterocycles. The van der Waals surface area contributed by atoms with Gasteiger partial charge in [-0.3, -0.25) is 0 Å². The van der Waals surface area contributed by atoms with E-state index in [2.05, 4.69) is 15.0 Å². The summed E-state index contributed by atoms with van der Waals surface area (Å²) in [6.45, 7) is 1.31. The number of pyridine rings is 1. The molecule has 0 radical (unpaired) electrons. The van der Waals surface area contributed by atoms with Gasteiger partial charge >= 0.3 is 5.82 Å². The minimum Gasteiger partial charge on any atom is -0.358 e. The van der Waals surface area contributed by atoms with E-state index in [-0.39, 0.29) is 16.7 Å². The maximum absolute atomic E-state index is 11.5. The van der Waals surface area contributed by atoms with Gasteiger partial charge in [0.25, 0.3) is 0 Å². The summed E-state index contributed by atoms with van der Waals surface area (Å²) < 4.78 is 1.52. The van der Waals surface area contributed by atoms with Gasteiger partial charge in [-0.2, -0.15) is 9.38 Å². The number of aromatic nitrogens is 4. The fourth-order valence-corrected chi connectivity index (χ4v) is 3.34. The largest absolute Gasteiger partial charge is 0.372 e. The van der Waals surface area contributed by atoms with E-state index in [0.717, 1.165) is 16.9 Å². The standard InChI is InChI=1S/C17H14N6O2/c24-23(25)17-16(20-14-7-3-4-8-22(14)17)21-9-11(10-21)15-18-12-5-1-2-6-13(12)19-15/h1-8,11H,9-10H2,(H,18,19). The van der Waals surface area contributed by atoms with Crippen LogP contribution in [0, 0.1) is 10.1 Å². The minimum atomic E-state index is -0.371. The molecular formula is C17H14N6O2. The summed E-state index contributed by atoms with van der Waals surface area (Å²) in [5.41, 5.74) is 2.53. The molecular weight excluding hydrogens is 320 g/mol. The third-order valence-corrected chi connectivity index (χ3v) is 4.64. The number of anilines is 1. The second kappa shape index (κ2) is 5.04. The van der Waals surface area contributed by atoms with Crippen molar-refractivity contribution in [1.82, 2.24) is 19.4 Å². The Morgan fingerprint density at radius 2 is 1.92 bits per heavy atom. The number of para-hydroxylation sites is 2. The number of nitrogens with zero attached hydrogens (tertiary/aromatic N) is 5. The first-order valence-electron chi connectivity index (χ1n) is 8.02. The van der Waals surface area contributed by atoms with E-state index in [0.29, 0.717) is 24.6 Å². The fourth-order valence-electron chi connectivity index (χ4n) is 3.34. The highest BCUT2D eigenvalue weighted by Crippen LogP contribution is 2.36. The number of benzene rings is 1. The van der Waals surface area contributed by atoms with Crippen LogP contribution in [0.15, 0.2) is 48.7 Å². The highest BCUT2D eigenvalue weighted by Gasteiger charge is 2.37. The highest BCUT2D eigenvalue weighted by molar-refractivity contribution is 5.75. The van der Waals surface area contributed by atoms with E-state index in [4.69, 9.17) is 0 Å². The topological polar surface area (TPSA) is 92.4 Å². The van der Waals surface area contributed by atoms with Crippen molar-refractivity contribution >= 4 is 28.3 Å². The predicted octanol–water partition coefficient (Wildman–Crippen LogP) is 2.72. The molecule has 124 valence electrons. The Bertz CT molecular complexity index is 1080. The van der Waals surface area contributed by atoms with Crippen molar-refractivity contribution in [2.75, 3.05) is 18.0 Å². The van der Waals surface area contributed by atoms with Crippen LogP contribution in [-0.2, 0) is 0 Å². The zero-order valence-corrected chi connectivity index (χ0v) is 13.2. The van der Waals surface area contributed by atoms with Gasteiger partial charge in [-0.25, -0.2) is 4.98 Å². The van der Waals surface area contributed by atoms with Crippen LogP contribution in [0.1, 0.15) is 11.7 Å². The minimum absolute atomic E-state index is 0.0126. The summed E-state index contributed by atoms with van der Waals surface area (Å²) in [5, 5.41) is 11.5. The van der Waals surface area contributed by atoms with Gasteiger partial charge in [0, 0.05) is 19.2 Å². The first-order valence-corrected chi connectivity index (χ1v) is 8.02. The van der Waals surface area contributed by atoms with Gasteiger partial charge in [0.05, 0.1) is 23.1 Å². The molecule has 0 aliphatic carbocycles. The summed E-state index contributed by atoms with van der Waals surface area (Å²) in [4.78, 5) is 25.5. The number of nitrogens with one attached hydrogen (secondary N) is 1. The number of rotatable bonds is 3. The molecule has 4 heterocycles. The molecule has 8 heteroatoms. The molecule has 1 aliphatic heterocycles. The Morgan fingerprint density at radius 3 is 2.72 bits per heavy atom. The maximum Gasteiger partial charge on any atom is 0.372 e. The molecule has 0 bridgehead atoms. The Morgan fingerprint density at radius 1 is 1.12 bits per heavy atom. The van der Waals surface area contributed by atoms with Crippen LogP contribution < -0.4 is 4.90 Å². The molecule has 0 spiro atoms. The monoisotopic (exact) mass is 334 g/mol. The lowest BCUT2D eigenvalue weighted by atomic mass is 9.99. The van der Waals surface area contributed by atoms with Gasteiger partial charge in [-0.05, 0) is 23.1 Å². The van der Waals surface area contributed by atoms with Gasteiger partial charge in [-0.15, -0.1) is 0 Å². The normalized spacial score (nSPS) is 15.0. The van der Waals surface area contributed by atoms with Crippen molar-refractivity contribution in [1.29, 1.82) is 0 Å². The van der Waals surface area contributed by atoms with E-state index in [1.165, 1.54) is 4.40 Å². The van der Waals surface area contributed by atoms with Crippen molar-refractivity contribution in [2.45, 2.75) is 5.92 Å². The Hall–Kier alpha value is -3.42. The average Bonchev–Trinajstić information content (AvgIpc) is 3.14. The van der Waals surface area contributed by atoms with E-state index in [1.54, 1.807) is 18.3 Å². The molecule has 4 aromatic rings. The fraction of sp³-hybridized carbons (Fsp3) is 0.176. The third kappa shape index (κ3) is 2.07. The highest BCUT2D eigenvalue weighted by atomic mass is 16.6. The number of hydrogen-bond donors (Lipinski definition) is 1. The van der Waals surface area contributed by atoms with E-state index in [9.17, 15) is 10.1 Å². The van der Waals surface area contributed by atoms with Crippen molar-refractivity contribution in [2.24, 2.45) is 0 Å². The molecule has 1 fully saturated rings. The van der Waals surface area contributed by atoms with Crippen LogP contribution in [-0.4, -0.2) is 37.4 Å². The number of aromatic amines is 1. The van der Waals surface area contributed by atoms with E-state index >= 15 is 0 Å². The van der Waals surface area contributed by atoms with E-state index < -0.39 is 0 Å². The summed E-state index contributed by atoms with van der Waals surface area (Å²) in [6.07, 6.45) is 1.67. The SMILES string of the molecule is O=[N+]([O-])c1c(N2CC(c3nc4ccccc4[nH]3)C2)nc2ccccn12. The van der Waals surface area contributed by atoms with Gasteiger partial charge in [0.1, 0.15) is 5.82 Å². The van der Waals surface area contributed by atoms with Crippen molar-refractivity contribution in [3.05, 3.63) is 64.6 Å². The van der Waals surface area contributed by atoms with Gasteiger partial charge in [-0.1, -0.05) is 18.2 Å². The number of imidazole rings is 2. The van der Waals surface area contributed by atoms with Crippen LogP contribution in [0.3, 0.4) is 0 Å². The molecule has 1 aliphatic rings. The lowest BCUT2D eigenvalue weighted by Crippen LogP contribution is -2.46. The zero-order chi connectivity index (χ0) is 17.0. The number of nitro groups is 1. The van der Waals surface area contributed by atoms with Crippen LogP contribution in [0.2, 0.25) is 0 Å². The Labute approximate surface area is 141 Å². The number of H-pyrrole nitrogens is 1. The lowest BCUT2D eigenvalue weighted by molar-refractivity contribution is -0.389. The van der Waals surface area contributed by atoms with Crippen molar-refractivity contribution < 1.29 is 4.92 Å². The molecule has 1 N–H and O–H groups in total. The molecule has 1 aromatic carbocycles. The average molecular weight is 334 g/mol. The van der Waals surface area contributed by atoms with Crippen molar-refractivity contribution in [3.8, 4) is 0 Å². The summed E-state index contributed by atoms with van der Waals surface area (Å²) >= 11 is 0. The molecule has 0 amide bonds. The van der Waals surface area contributed by atoms with Crippen molar-refractivity contribution in [3.63, 3.8) is 0 Å². The molecule has 3 aromatic heterocycles.